The Kier molecular flexibility index (Phi) is 7.80. The van der Waals surface area contributed by atoms with Gasteiger partial charge in [-0.1, -0.05) is 36.0 Å². The van der Waals surface area contributed by atoms with Gasteiger partial charge in [-0.25, -0.2) is 18.6 Å². The lowest BCUT2D eigenvalue weighted by Crippen LogP contribution is -2.19. The van der Waals surface area contributed by atoms with Crippen LogP contribution in [0.15, 0.2) is 76.7 Å². The van der Waals surface area contributed by atoms with Gasteiger partial charge < -0.3 is 20.4 Å². The largest absolute Gasteiger partial charge is 0.497 e. The van der Waals surface area contributed by atoms with Crippen LogP contribution in [0.3, 0.4) is 0 Å². The predicted octanol–water partition coefficient (Wildman–Crippen LogP) is 5.53. The highest BCUT2D eigenvalue weighted by molar-refractivity contribution is 7.98. The standard InChI is InChI=1S/C26H19F2N5O3S/c1-36-21-7-3-5-16(9-21)23-22(13-29)24(34)33-26(32-23)37-14-15-4-2-6-19(8-15)30-25(35)31-20-11-17(27)10-18(28)12-20/h2-12H,14H2,1H3,(H2,30,31,35)(H,32,33,34). The van der Waals surface area contributed by atoms with Gasteiger partial charge in [0.05, 0.1) is 12.8 Å². The normalized spacial score (nSPS) is 10.4. The van der Waals surface area contributed by atoms with Gasteiger partial charge in [0, 0.05) is 28.8 Å². The molecule has 37 heavy (non-hydrogen) atoms. The third-order valence-electron chi connectivity index (χ3n) is 5.03. The maximum absolute atomic E-state index is 13.3. The van der Waals surface area contributed by atoms with Gasteiger partial charge in [0.25, 0.3) is 5.56 Å². The summed E-state index contributed by atoms with van der Waals surface area (Å²) < 4.78 is 31.9. The molecule has 0 saturated heterocycles. The fourth-order valence-electron chi connectivity index (χ4n) is 3.41. The fraction of sp³-hybridized carbons (Fsp3) is 0.0769. The van der Waals surface area contributed by atoms with Gasteiger partial charge in [0.1, 0.15) is 29.0 Å². The van der Waals surface area contributed by atoms with E-state index in [1.807, 2.05) is 12.1 Å². The van der Waals surface area contributed by atoms with Crippen LogP contribution in [0.5, 0.6) is 5.75 Å². The number of ether oxygens (including phenoxy) is 1. The molecule has 0 aliphatic heterocycles. The van der Waals surface area contributed by atoms with Crippen LogP contribution in [-0.2, 0) is 5.75 Å². The van der Waals surface area contributed by atoms with E-state index >= 15 is 0 Å². The number of carbonyl (C=O) groups excluding carboxylic acids is 1. The van der Waals surface area contributed by atoms with Crippen molar-refractivity contribution in [2.24, 2.45) is 0 Å². The minimum atomic E-state index is -0.807. The van der Waals surface area contributed by atoms with Crippen LogP contribution in [0.4, 0.5) is 25.0 Å². The number of amides is 2. The van der Waals surface area contributed by atoms with Crippen molar-refractivity contribution in [2.45, 2.75) is 10.9 Å². The zero-order valence-corrected chi connectivity index (χ0v) is 20.2. The number of rotatable bonds is 7. The first-order chi connectivity index (χ1) is 17.8. The molecule has 186 valence electrons. The van der Waals surface area contributed by atoms with Gasteiger partial charge in [0.2, 0.25) is 0 Å². The van der Waals surface area contributed by atoms with Gasteiger partial charge in [-0.15, -0.1) is 0 Å². The Morgan fingerprint density at radius 3 is 2.51 bits per heavy atom. The number of anilines is 2. The number of urea groups is 1. The van der Waals surface area contributed by atoms with E-state index in [4.69, 9.17) is 4.74 Å². The average Bonchev–Trinajstić information content (AvgIpc) is 2.86. The molecule has 0 atom stereocenters. The monoisotopic (exact) mass is 519 g/mol. The average molecular weight is 520 g/mol. The molecule has 4 rings (SSSR count). The Morgan fingerprint density at radius 2 is 1.78 bits per heavy atom. The zero-order chi connectivity index (χ0) is 26.4. The molecule has 8 nitrogen and oxygen atoms in total. The molecule has 4 aromatic rings. The summed E-state index contributed by atoms with van der Waals surface area (Å²) in [6.07, 6.45) is 0. The molecule has 0 unspecified atom stereocenters. The zero-order valence-electron chi connectivity index (χ0n) is 19.3. The smallest absolute Gasteiger partial charge is 0.323 e. The summed E-state index contributed by atoms with van der Waals surface area (Å²) in [7, 11) is 1.52. The number of benzene rings is 3. The summed E-state index contributed by atoms with van der Waals surface area (Å²) >= 11 is 1.24. The molecule has 3 N–H and O–H groups in total. The molecule has 1 aromatic heterocycles. The van der Waals surface area contributed by atoms with Crippen LogP contribution in [-0.4, -0.2) is 23.1 Å². The maximum atomic E-state index is 13.3. The second-order valence-electron chi connectivity index (χ2n) is 7.66. The van der Waals surface area contributed by atoms with Gasteiger partial charge in [-0.2, -0.15) is 5.26 Å². The molecule has 0 aliphatic rings. The number of thioether (sulfide) groups is 1. The van der Waals surface area contributed by atoms with Gasteiger partial charge >= 0.3 is 6.03 Å². The number of hydrogen-bond acceptors (Lipinski definition) is 6. The molecular weight excluding hydrogens is 500 g/mol. The number of nitrogens with one attached hydrogen (secondary N) is 3. The van der Waals surface area contributed by atoms with Gasteiger partial charge in [-0.05, 0) is 42.0 Å². The summed E-state index contributed by atoms with van der Waals surface area (Å²) in [5.74, 6) is -0.663. The molecule has 0 fully saturated rings. The maximum Gasteiger partial charge on any atom is 0.323 e. The first kappa shape index (κ1) is 25.4. The molecule has 0 aliphatic carbocycles. The highest BCUT2D eigenvalue weighted by Crippen LogP contribution is 2.27. The number of aromatic amines is 1. The third kappa shape index (κ3) is 6.50. The molecule has 3 aromatic carbocycles. The summed E-state index contributed by atoms with van der Waals surface area (Å²) in [6.45, 7) is 0. The van der Waals surface area contributed by atoms with Crippen molar-refractivity contribution in [2.75, 3.05) is 17.7 Å². The lowest BCUT2D eigenvalue weighted by molar-refractivity contribution is 0.262. The molecule has 0 bridgehead atoms. The van der Waals surface area contributed by atoms with Crippen molar-refractivity contribution >= 4 is 29.2 Å². The van der Waals surface area contributed by atoms with E-state index in [-0.39, 0.29) is 16.9 Å². The summed E-state index contributed by atoms with van der Waals surface area (Å²) in [4.78, 5) is 31.9. The molecular formula is C26H19F2N5O3S. The van der Waals surface area contributed by atoms with E-state index in [0.717, 1.165) is 17.7 Å². The summed E-state index contributed by atoms with van der Waals surface area (Å²) in [5.41, 5.74) is 1.38. The second kappa shape index (κ2) is 11.4. The predicted molar refractivity (Wildman–Crippen MR) is 137 cm³/mol. The molecule has 0 saturated carbocycles. The summed E-state index contributed by atoms with van der Waals surface area (Å²) in [5, 5.41) is 14.8. The topological polar surface area (TPSA) is 120 Å². The molecule has 0 spiro atoms. The minimum absolute atomic E-state index is 0.0237. The quantitative estimate of drug-likeness (QED) is 0.218. The van der Waals surface area contributed by atoms with Crippen LogP contribution in [0, 0.1) is 23.0 Å². The minimum Gasteiger partial charge on any atom is -0.497 e. The van der Waals surface area contributed by atoms with Crippen molar-refractivity contribution in [3.8, 4) is 23.1 Å². The van der Waals surface area contributed by atoms with E-state index in [9.17, 15) is 23.6 Å². The number of hydrogen-bond donors (Lipinski definition) is 3. The van der Waals surface area contributed by atoms with Gasteiger partial charge in [0.15, 0.2) is 5.16 Å². The van der Waals surface area contributed by atoms with E-state index in [2.05, 4.69) is 20.6 Å². The number of aromatic nitrogens is 2. The Morgan fingerprint density at radius 1 is 1.05 bits per heavy atom. The highest BCUT2D eigenvalue weighted by Gasteiger charge is 2.15. The molecule has 0 radical (unpaired) electrons. The molecule has 1 heterocycles. The summed E-state index contributed by atoms with van der Waals surface area (Å²) in [6, 6.07) is 17.8. The van der Waals surface area contributed by atoms with E-state index in [1.165, 1.54) is 18.9 Å². The van der Waals surface area contributed by atoms with Crippen molar-refractivity contribution in [1.82, 2.24) is 9.97 Å². The van der Waals surface area contributed by atoms with E-state index in [1.54, 1.807) is 42.5 Å². The van der Waals surface area contributed by atoms with Crippen LogP contribution in [0.25, 0.3) is 11.3 Å². The third-order valence-corrected chi connectivity index (χ3v) is 5.98. The first-order valence-corrected chi connectivity index (χ1v) is 11.8. The SMILES string of the molecule is COc1cccc(-c2nc(SCc3cccc(NC(=O)Nc4cc(F)cc(F)c4)c3)[nH]c(=O)c2C#N)c1. The van der Waals surface area contributed by atoms with Crippen LogP contribution < -0.4 is 20.9 Å². The molecule has 11 heteroatoms. The Hall–Kier alpha value is -4.69. The van der Waals surface area contributed by atoms with Crippen molar-refractivity contribution in [3.05, 3.63) is 99.8 Å². The van der Waals surface area contributed by atoms with Crippen molar-refractivity contribution < 1.29 is 18.3 Å². The van der Waals surface area contributed by atoms with Crippen LogP contribution in [0.2, 0.25) is 0 Å². The number of nitriles is 1. The lowest BCUT2D eigenvalue weighted by atomic mass is 10.1. The Labute approximate surface area is 214 Å². The fourth-order valence-corrected chi connectivity index (χ4v) is 4.22. The number of carbonyl (C=O) groups is 1. The first-order valence-electron chi connectivity index (χ1n) is 10.8. The Bertz CT molecular complexity index is 1550. The molecule has 2 amide bonds. The van der Waals surface area contributed by atoms with Crippen molar-refractivity contribution in [1.29, 1.82) is 5.26 Å². The van der Waals surface area contributed by atoms with Crippen LogP contribution in [0.1, 0.15) is 11.1 Å². The van der Waals surface area contributed by atoms with Crippen molar-refractivity contribution in [3.63, 3.8) is 0 Å². The van der Waals surface area contributed by atoms with Crippen LogP contribution >= 0.6 is 11.8 Å². The van der Waals surface area contributed by atoms with Gasteiger partial charge in [-0.3, -0.25) is 4.79 Å². The van der Waals surface area contributed by atoms with E-state index < -0.39 is 23.2 Å². The second-order valence-corrected chi connectivity index (χ2v) is 8.63. The number of H-pyrrole nitrogens is 1. The highest BCUT2D eigenvalue weighted by atomic mass is 32.2. The Balaban J connectivity index is 1.48. The van der Waals surface area contributed by atoms with E-state index in [0.29, 0.717) is 34.0 Å². The lowest BCUT2D eigenvalue weighted by Gasteiger charge is -2.10. The number of halogens is 2. The number of methoxy groups -OCH3 is 1. The number of nitrogens with zero attached hydrogens (tertiary/aromatic N) is 2.